The molecule has 2 aromatic heterocycles. The van der Waals surface area contributed by atoms with Gasteiger partial charge in [-0.2, -0.15) is 0 Å². The van der Waals surface area contributed by atoms with Crippen LogP contribution in [0.25, 0.3) is 11.0 Å². The largest absolute Gasteiger partial charge is 0.342 e. The summed E-state index contributed by atoms with van der Waals surface area (Å²) >= 11 is 0. The second kappa shape index (κ2) is 9.53. The van der Waals surface area contributed by atoms with Crippen LogP contribution in [0, 0.1) is 5.82 Å². The molecule has 1 fully saturated rings. The Bertz CT molecular complexity index is 1250. The number of pyridine rings is 1. The Labute approximate surface area is 192 Å². The SMILES string of the molecule is O=C(CCn1cnc2ccccc21)N1CCC[C@@H](c2ccc(Cc3cccc(F)c3)cn2)C1. The number of hydrogen-bond donors (Lipinski definition) is 0. The van der Waals surface area contributed by atoms with Crippen LogP contribution in [0.4, 0.5) is 4.39 Å². The van der Waals surface area contributed by atoms with Gasteiger partial charge in [0.25, 0.3) is 0 Å². The quantitative estimate of drug-likeness (QED) is 0.424. The molecule has 4 aromatic rings. The molecule has 6 heteroatoms. The summed E-state index contributed by atoms with van der Waals surface area (Å²) in [4.78, 5) is 24.0. The van der Waals surface area contributed by atoms with E-state index >= 15 is 0 Å². The van der Waals surface area contributed by atoms with Crippen LogP contribution in [-0.4, -0.2) is 38.4 Å². The molecule has 33 heavy (non-hydrogen) atoms. The number of aryl methyl sites for hydroxylation is 1. The van der Waals surface area contributed by atoms with Crippen LogP contribution >= 0.6 is 0 Å². The number of imidazole rings is 1. The number of nitrogens with zero attached hydrogens (tertiary/aromatic N) is 4. The van der Waals surface area contributed by atoms with Crippen molar-refractivity contribution in [3.8, 4) is 0 Å². The van der Waals surface area contributed by atoms with Crippen molar-refractivity contribution in [1.82, 2.24) is 19.4 Å². The first-order valence-electron chi connectivity index (χ1n) is 11.5. The fourth-order valence-corrected chi connectivity index (χ4v) is 4.67. The number of likely N-dealkylation sites (tertiary alicyclic amines) is 1. The van der Waals surface area contributed by atoms with Gasteiger partial charge in [0.1, 0.15) is 5.82 Å². The maximum atomic E-state index is 13.4. The van der Waals surface area contributed by atoms with Crippen molar-refractivity contribution in [3.63, 3.8) is 0 Å². The Morgan fingerprint density at radius 1 is 1.03 bits per heavy atom. The smallest absolute Gasteiger partial charge is 0.224 e. The number of aromatic nitrogens is 3. The molecule has 1 saturated heterocycles. The number of carbonyl (C=O) groups excluding carboxylic acids is 1. The van der Waals surface area contributed by atoms with Gasteiger partial charge >= 0.3 is 0 Å². The average molecular weight is 443 g/mol. The predicted octanol–water partition coefficient (Wildman–Crippen LogP) is 4.96. The van der Waals surface area contributed by atoms with E-state index in [-0.39, 0.29) is 17.6 Å². The van der Waals surface area contributed by atoms with Crippen LogP contribution in [0.5, 0.6) is 0 Å². The average Bonchev–Trinajstić information content (AvgIpc) is 3.26. The predicted molar refractivity (Wildman–Crippen MR) is 126 cm³/mol. The molecule has 3 heterocycles. The van der Waals surface area contributed by atoms with Gasteiger partial charge in [-0.15, -0.1) is 0 Å². The normalized spacial score (nSPS) is 16.3. The van der Waals surface area contributed by atoms with E-state index in [1.807, 2.05) is 52.3 Å². The lowest BCUT2D eigenvalue weighted by Crippen LogP contribution is -2.39. The number of rotatable bonds is 6. The fourth-order valence-electron chi connectivity index (χ4n) is 4.67. The third-order valence-corrected chi connectivity index (χ3v) is 6.43. The molecule has 168 valence electrons. The zero-order valence-electron chi connectivity index (χ0n) is 18.5. The standard InChI is InChI=1S/C27H27FN4O/c28-23-7-3-5-20(16-23)15-21-10-11-24(29-17-21)22-6-4-13-31(18-22)27(33)12-14-32-19-30-25-8-1-2-9-26(25)32/h1-3,5,7-11,16-17,19,22H,4,6,12-15,18H2/t22-/m1/s1. The maximum Gasteiger partial charge on any atom is 0.224 e. The molecule has 0 radical (unpaired) electrons. The third kappa shape index (κ3) is 4.95. The first-order valence-corrected chi connectivity index (χ1v) is 11.5. The summed E-state index contributed by atoms with van der Waals surface area (Å²) < 4.78 is 15.5. The molecule has 0 spiro atoms. The molecule has 0 saturated carbocycles. The van der Waals surface area contributed by atoms with E-state index in [1.165, 1.54) is 6.07 Å². The molecule has 1 aliphatic rings. The van der Waals surface area contributed by atoms with Gasteiger partial charge in [0, 0.05) is 43.9 Å². The van der Waals surface area contributed by atoms with Gasteiger partial charge in [0.2, 0.25) is 5.91 Å². The highest BCUT2D eigenvalue weighted by atomic mass is 19.1. The van der Waals surface area contributed by atoms with Crippen LogP contribution in [0.2, 0.25) is 0 Å². The Balaban J connectivity index is 1.19. The number of para-hydroxylation sites is 2. The molecule has 0 N–H and O–H groups in total. The summed E-state index contributed by atoms with van der Waals surface area (Å²) in [5.74, 6) is 0.213. The zero-order chi connectivity index (χ0) is 22.6. The molecule has 0 bridgehead atoms. The first kappa shape index (κ1) is 21.3. The molecule has 0 aliphatic carbocycles. The van der Waals surface area contributed by atoms with Crippen molar-refractivity contribution in [2.45, 2.75) is 38.1 Å². The molecule has 5 rings (SSSR count). The van der Waals surface area contributed by atoms with Gasteiger partial charge in [0.05, 0.1) is 17.4 Å². The van der Waals surface area contributed by atoms with Crippen molar-refractivity contribution in [1.29, 1.82) is 0 Å². The summed E-state index contributed by atoms with van der Waals surface area (Å²) in [5, 5.41) is 0. The van der Waals surface area contributed by atoms with Crippen molar-refractivity contribution in [2.24, 2.45) is 0 Å². The topological polar surface area (TPSA) is 51.0 Å². The lowest BCUT2D eigenvalue weighted by atomic mass is 9.93. The zero-order valence-corrected chi connectivity index (χ0v) is 18.5. The second-order valence-electron chi connectivity index (χ2n) is 8.75. The van der Waals surface area contributed by atoms with E-state index in [2.05, 4.69) is 17.1 Å². The van der Waals surface area contributed by atoms with Gasteiger partial charge in [0.15, 0.2) is 0 Å². The Kier molecular flexibility index (Phi) is 6.15. The van der Waals surface area contributed by atoms with Crippen LogP contribution in [0.1, 0.15) is 42.0 Å². The van der Waals surface area contributed by atoms with Gasteiger partial charge in [-0.3, -0.25) is 9.78 Å². The lowest BCUT2D eigenvalue weighted by molar-refractivity contribution is -0.132. The van der Waals surface area contributed by atoms with E-state index in [1.54, 1.807) is 12.1 Å². The van der Waals surface area contributed by atoms with E-state index in [0.717, 1.165) is 47.2 Å². The van der Waals surface area contributed by atoms with E-state index in [9.17, 15) is 9.18 Å². The highest BCUT2D eigenvalue weighted by Gasteiger charge is 2.25. The van der Waals surface area contributed by atoms with Gasteiger partial charge in [-0.25, -0.2) is 9.37 Å². The Morgan fingerprint density at radius 2 is 1.94 bits per heavy atom. The molecule has 1 atom stereocenters. The van der Waals surface area contributed by atoms with Gasteiger partial charge in [-0.05, 0) is 60.7 Å². The highest BCUT2D eigenvalue weighted by Crippen LogP contribution is 2.26. The van der Waals surface area contributed by atoms with Crippen molar-refractivity contribution in [2.75, 3.05) is 13.1 Å². The number of fused-ring (bicyclic) bond motifs is 1. The fraction of sp³-hybridized carbons (Fsp3) is 0.296. The minimum atomic E-state index is -0.217. The minimum Gasteiger partial charge on any atom is -0.342 e. The monoisotopic (exact) mass is 442 g/mol. The molecule has 2 aromatic carbocycles. The lowest BCUT2D eigenvalue weighted by Gasteiger charge is -2.32. The summed E-state index contributed by atoms with van der Waals surface area (Å²) in [7, 11) is 0. The molecular formula is C27H27FN4O. The van der Waals surface area contributed by atoms with Crippen LogP contribution < -0.4 is 0 Å². The van der Waals surface area contributed by atoms with E-state index < -0.39 is 0 Å². The van der Waals surface area contributed by atoms with E-state index in [4.69, 9.17) is 4.98 Å². The number of hydrogen-bond acceptors (Lipinski definition) is 3. The highest BCUT2D eigenvalue weighted by molar-refractivity contribution is 5.77. The molecule has 1 aliphatic heterocycles. The van der Waals surface area contributed by atoms with Crippen LogP contribution in [0.15, 0.2) is 73.2 Å². The van der Waals surface area contributed by atoms with Gasteiger partial charge < -0.3 is 9.47 Å². The molecule has 0 unspecified atom stereocenters. The number of carbonyl (C=O) groups is 1. The summed E-state index contributed by atoms with van der Waals surface area (Å²) in [5.41, 5.74) is 5.03. The molecular weight excluding hydrogens is 415 g/mol. The number of amides is 1. The Hall–Kier alpha value is -3.54. The maximum absolute atomic E-state index is 13.4. The first-order chi connectivity index (χ1) is 16.2. The van der Waals surface area contributed by atoms with Crippen LogP contribution in [0.3, 0.4) is 0 Å². The molecule has 1 amide bonds. The van der Waals surface area contributed by atoms with Crippen molar-refractivity contribution in [3.05, 3.63) is 95.8 Å². The van der Waals surface area contributed by atoms with Gasteiger partial charge in [-0.1, -0.05) is 30.3 Å². The summed E-state index contributed by atoms with van der Waals surface area (Å²) in [6, 6.07) is 18.8. The number of piperidine rings is 1. The second-order valence-corrected chi connectivity index (χ2v) is 8.75. The number of halogens is 1. The van der Waals surface area contributed by atoms with Crippen molar-refractivity contribution >= 4 is 16.9 Å². The Morgan fingerprint density at radius 3 is 2.79 bits per heavy atom. The summed E-state index contributed by atoms with van der Waals surface area (Å²) in [6.45, 7) is 2.14. The van der Waals surface area contributed by atoms with E-state index in [0.29, 0.717) is 25.9 Å². The third-order valence-electron chi connectivity index (χ3n) is 6.43. The van der Waals surface area contributed by atoms with Crippen molar-refractivity contribution < 1.29 is 9.18 Å². The number of benzene rings is 2. The summed E-state index contributed by atoms with van der Waals surface area (Å²) in [6.07, 6.45) is 6.83. The minimum absolute atomic E-state index is 0.181. The van der Waals surface area contributed by atoms with Crippen LogP contribution in [-0.2, 0) is 17.8 Å². The molecule has 5 nitrogen and oxygen atoms in total.